The van der Waals surface area contributed by atoms with Crippen molar-refractivity contribution in [1.29, 1.82) is 0 Å². The van der Waals surface area contributed by atoms with E-state index in [-0.39, 0.29) is 61.8 Å². The zero-order chi connectivity index (χ0) is 25.3. The molecule has 0 saturated heterocycles. The van der Waals surface area contributed by atoms with E-state index in [0.29, 0.717) is 5.41 Å². The average Bonchev–Trinajstić information content (AvgIpc) is 3.45. The third-order valence-electron chi connectivity index (χ3n) is 9.77. The minimum absolute atomic E-state index is 0. The van der Waals surface area contributed by atoms with Gasteiger partial charge in [-0.1, -0.05) is 65.3 Å². The average molecular weight is 639 g/mol. The number of allylic oxidation sites excluding steroid dienone is 4. The van der Waals surface area contributed by atoms with E-state index in [2.05, 4.69) is 96.2 Å². The van der Waals surface area contributed by atoms with E-state index in [0.717, 1.165) is 30.6 Å². The largest absolute Gasteiger partial charge is 4.00 e. The number of halogens is 2. The van der Waals surface area contributed by atoms with E-state index in [1.54, 1.807) is 24.8 Å². The summed E-state index contributed by atoms with van der Waals surface area (Å²) >= 11 is 0. The molecule has 0 N–H and O–H groups in total. The van der Waals surface area contributed by atoms with Crippen LogP contribution in [0.1, 0.15) is 109 Å². The summed E-state index contributed by atoms with van der Waals surface area (Å²) in [7, 11) is 0. The molecule has 0 spiro atoms. The summed E-state index contributed by atoms with van der Waals surface area (Å²) < 4.78 is 0. The molecule has 0 unspecified atom stereocenters. The van der Waals surface area contributed by atoms with Crippen LogP contribution in [0.2, 0.25) is 0 Å². The SMILES string of the molecule is CC(C)(C)c1[c-]c2c(cc1)-c1ccc(C(C)(C)C)cc1C2.[C-]1=C(C23CC4CC(CC(C4)C2)C3)C=CC1.[Cl-].[Cl-].[Zr+4]. The zero-order valence-electron chi connectivity index (χ0n) is 24.7. The molecule has 6 aliphatic rings. The van der Waals surface area contributed by atoms with Crippen molar-refractivity contribution < 1.29 is 51.0 Å². The molecule has 8 rings (SSSR count). The monoisotopic (exact) mass is 636 g/mol. The molecule has 4 bridgehead atoms. The van der Waals surface area contributed by atoms with E-state index in [9.17, 15) is 0 Å². The van der Waals surface area contributed by atoms with Gasteiger partial charge >= 0.3 is 26.2 Å². The fourth-order valence-electron chi connectivity index (χ4n) is 8.24. The maximum atomic E-state index is 3.67. The van der Waals surface area contributed by atoms with Crippen LogP contribution in [0.4, 0.5) is 0 Å². The molecule has 2 aromatic rings. The van der Waals surface area contributed by atoms with Gasteiger partial charge in [0.2, 0.25) is 0 Å². The van der Waals surface area contributed by atoms with Crippen LogP contribution in [-0.4, -0.2) is 0 Å². The molecular formula is C36H44Cl2Zr. The first-order valence-electron chi connectivity index (χ1n) is 14.5. The second kappa shape index (κ2) is 11.9. The first kappa shape index (κ1) is 32.9. The number of fused-ring (bicyclic) bond motifs is 3. The normalized spacial score (nSPS) is 27.2. The van der Waals surface area contributed by atoms with Crippen molar-refractivity contribution >= 4 is 0 Å². The fraction of sp³-hybridized carbons (Fsp3) is 0.556. The van der Waals surface area contributed by atoms with Crippen LogP contribution in [0.15, 0.2) is 48.1 Å². The van der Waals surface area contributed by atoms with Gasteiger partial charge in [-0.05, 0) is 90.1 Å². The number of hydrogen-bond donors (Lipinski definition) is 0. The minimum Gasteiger partial charge on any atom is -1.00 e. The Hall–Kier alpha value is -0.617. The van der Waals surface area contributed by atoms with Gasteiger partial charge in [0.25, 0.3) is 0 Å². The Morgan fingerprint density at radius 2 is 1.36 bits per heavy atom. The fourth-order valence-corrected chi connectivity index (χ4v) is 8.24. The van der Waals surface area contributed by atoms with Crippen molar-refractivity contribution in [2.75, 3.05) is 0 Å². The predicted octanol–water partition coefficient (Wildman–Crippen LogP) is 3.55. The van der Waals surface area contributed by atoms with Crippen LogP contribution in [0.3, 0.4) is 0 Å². The van der Waals surface area contributed by atoms with Gasteiger partial charge in [0.05, 0.1) is 0 Å². The maximum Gasteiger partial charge on any atom is 4.00 e. The Morgan fingerprint density at radius 1 is 0.769 bits per heavy atom. The Balaban J connectivity index is 0.000000208. The van der Waals surface area contributed by atoms with Crippen molar-refractivity contribution in [3.8, 4) is 11.1 Å². The summed E-state index contributed by atoms with van der Waals surface area (Å²) in [5.41, 5.74) is 10.9. The predicted molar refractivity (Wildman–Crippen MR) is 152 cm³/mol. The second-order valence-electron chi connectivity index (χ2n) is 14.7. The summed E-state index contributed by atoms with van der Waals surface area (Å²) in [6.07, 6.45) is 19.5. The Labute approximate surface area is 269 Å². The van der Waals surface area contributed by atoms with Crippen molar-refractivity contribution in [2.24, 2.45) is 23.2 Å². The van der Waals surface area contributed by atoms with Gasteiger partial charge in [-0.2, -0.15) is 29.8 Å². The van der Waals surface area contributed by atoms with Gasteiger partial charge in [-0.25, -0.2) is 11.6 Å². The molecule has 0 atom stereocenters. The first-order chi connectivity index (χ1) is 17.0. The van der Waals surface area contributed by atoms with Crippen LogP contribution in [-0.2, 0) is 43.5 Å². The summed E-state index contributed by atoms with van der Waals surface area (Å²) in [5, 5.41) is 0. The molecule has 0 amide bonds. The van der Waals surface area contributed by atoms with Crippen LogP contribution in [0.25, 0.3) is 11.1 Å². The Morgan fingerprint density at radius 3 is 1.87 bits per heavy atom. The van der Waals surface area contributed by atoms with Gasteiger partial charge in [0.1, 0.15) is 0 Å². The second-order valence-corrected chi connectivity index (χ2v) is 14.7. The van der Waals surface area contributed by atoms with Gasteiger partial charge in [-0.15, -0.1) is 17.5 Å². The van der Waals surface area contributed by atoms with E-state index < -0.39 is 0 Å². The van der Waals surface area contributed by atoms with E-state index in [4.69, 9.17) is 0 Å². The van der Waals surface area contributed by atoms with Crippen molar-refractivity contribution in [3.05, 3.63) is 82.5 Å². The summed E-state index contributed by atoms with van der Waals surface area (Å²) in [4.78, 5) is 0. The summed E-state index contributed by atoms with van der Waals surface area (Å²) in [6, 6.07) is 15.2. The molecule has 0 aromatic heterocycles. The molecule has 2 aromatic carbocycles. The molecule has 206 valence electrons. The van der Waals surface area contributed by atoms with E-state index in [1.165, 1.54) is 52.6 Å². The Kier molecular flexibility index (Phi) is 10.1. The maximum absolute atomic E-state index is 3.67. The third kappa shape index (κ3) is 6.42. The van der Waals surface area contributed by atoms with E-state index in [1.807, 2.05) is 0 Å². The van der Waals surface area contributed by atoms with Gasteiger partial charge < -0.3 is 24.8 Å². The molecule has 0 radical (unpaired) electrons. The number of rotatable bonds is 1. The van der Waals surface area contributed by atoms with Crippen molar-refractivity contribution in [2.45, 2.75) is 104 Å². The molecule has 4 fully saturated rings. The first-order valence-corrected chi connectivity index (χ1v) is 14.5. The molecule has 0 heterocycles. The quantitative estimate of drug-likeness (QED) is 0.358. The standard InChI is InChI=1S/C21H25.C15H19.2ClH.Zr/c1-20(2,3)16-7-9-18-14(12-16)11-15-13-17(21(4,5)6)8-10-19(15)18;1-2-4-14(3-1)15-8-11-5-12(9-15)7-13(6-11)10-15;;;/h7-10,12H,11H2,1-6H3;1,3,11-13H,2,5-10H2;2*1H;/q2*-1;;;+4/p-2. The number of hydrogen-bond acceptors (Lipinski definition) is 0. The molecule has 0 aliphatic heterocycles. The molecule has 6 aliphatic carbocycles. The molecule has 4 saturated carbocycles. The summed E-state index contributed by atoms with van der Waals surface area (Å²) in [6.45, 7) is 13.6. The summed E-state index contributed by atoms with van der Waals surface area (Å²) in [5.74, 6) is 3.21. The van der Waals surface area contributed by atoms with Crippen molar-refractivity contribution in [3.63, 3.8) is 0 Å². The molecule has 3 heteroatoms. The number of benzene rings is 2. The Bertz CT molecular complexity index is 1140. The molecular weight excluding hydrogens is 595 g/mol. The molecule has 0 nitrogen and oxygen atoms in total. The third-order valence-corrected chi connectivity index (χ3v) is 9.77. The zero-order valence-corrected chi connectivity index (χ0v) is 28.7. The smallest absolute Gasteiger partial charge is 1.00 e. The molecule has 39 heavy (non-hydrogen) atoms. The van der Waals surface area contributed by atoms with Crippen molar-refractivity contribution in [1.82, 2.24) is 0 Å². The topological polar surface area (TPSA) is 0 Å². The van der Waals surface area contributed by atoms with Crippen LogP contribution >= 0.6 is 0 Å². The van der Waals surface area contributed by atoms with Gasteiger partial charge in [0, 0.05) is 0 Å². The van der Waals surface area contributed by atoms with Crippen LogP contribution in [0, 0.1) is 35.3 Å². The van der Waals surface area contributed by atoms with E-state index >= 15 is 0 Å². The van der Waals surface area contributed by atoms with Crippen LogP contribution < -0.4 is 24.8 Å². The van der Waals surface area contributed by atoms with Gasteiger partial charge in [0.15, 0.2) is 0 Å². The minimum atomic E-state index is 0. The van der Waals surface area contributed by atoms with Crippen LogP contribution in [0.5, 0.6) is 0 Å². The van der Waals surface area contributed by atoms with Gasteiger partial charge in [-0.3, -0.25) is 6.08 Å².